The van der Waals surface area contributed by atoms with E-state index in [9.17, 15) is 8.42 Å². The van der Waals surface area contributed by atoms with Crippen molar-refractivity contribution in [1.82, 2.24) is 18.9 Å². The lowest BCUT2D eigenvalue weighted by atomic mass is 10.2. The summed E-state index contributed by atoms with van der Waals surface area (Å²) in [5.41, 5.74) is 2.78. The van der Waals surface area contributed by atoms with Crippen molar-refractivity contribution in [2.24, 2.45) is 0 Å². The third-order valence-corrected chi connectivity index (χ3v) is 8.02. The van der Waals surface area contributed by atoms with Crippen LogP contribution in [0.5, 0.6) is 0 Å². The molecule has 0 aliphatic carbocycles. The lowest BCUT2D eigenvalue weighted by Gasteiger charge is -2.27. The van der Waals surface area contributed by atoms with Crippen molar-refractivity contribution in [3.8, 4) is 0 Å². The molecule has 0 radical (unpaired) electrons. The number of halogens is 1. The molecule has 0 bridgehead atoms. The maximum Gasteiger partial charge on any atom is 0.243 e. The number of aryl methyl sites for hydroxylation is 1. The molecule has 10 heteroatoms. The second-order valence-electron chi connectivity index (χ2n) is 7.59. The van der Waals surface area contributed by atoms with Gasteiger partial charge in [-0.05, 0) is 30.7 Å². The summed E-state index contributed by atoms with van der Waals surface area (Å²) in [6.07, 6.45) is 0. The molecule has 0 unspecified atom stereocenters. The van der Waals surface area contributed by atoms with Crippen LogP contribution in [0.4, 0.5) is 5.82 Å². The van der Waals surface area contributed by atoms with Gasteiger partial charge in [-0.2, -0.15) is 9.40 Å². The van der Waals surface area contributed by atoms with Gasteiger partial charge in [0.1, 0.15) is 10.8 Å². The lowest BCUT2D eigenvalue weighted by molar-refractivity contribution is 0.0730. The van der Waals surface area contributed by atoms with Gasteiger partial charge in [0.15, 0.2) is 5.65 Å². The Balaban J connectivity index is 1.52. The molecule has 0 amide bonds. The van der Waals surface area contributed by atoms with Crippen LogP contribution in [-0.2, 0) is 21.3 Å². The van der Waals surface area contributed by atoms with Crippen molar-refractivity contribution >= 4 is 44.0 Å². The Morgan fingerprint density at radius 3 is 2.62 bits per heavy atom. The van der Waals surface area contributed by atoms with E-state index in [1.165, 1.54) is 4.31 Å². The molecule has 2 aromatic carbocycles. The molecule has 2 aromatic heterocycles. The molecule has 1 fully saturated rings. The predicted octanol–water partition coefficient (Wildman–Crippen LogP) is 3.48. The molecular weight excluding hydrogens is 450 g/mol. The molecule has 4 aromatic rings. The summed E-state index contributed by atoms with van der Waals surface area (Å²) >= 11 is 6.43. The van der Waals surface area contributed by atoms with Crippen LogP contribution in [-0.4, -0.2) is 53.6 Å². The quantitative estimate of drug-likeness (QED) is 0.479. The van der Waals surface area contributed by atoms with Crippen molar-refractivity contribution < 1.29 is 13.2 Å². The van der Waals surface area contributed by atoms with Gasteiger partial charge in [-0.3, -0.25) is 0 Å². The molecule has 0 saturated carbocycles. The fraction of sp³-hybridized carbons (Fsp3) is 0.273. The number of nitrogens with zero attached hydrogens (tertiary/aromatic N) is 4. The number of para-hydroxylation sites is 1. The van der Waals surface area contributed by atoms with E-state index in [1.54, 1.807) is 16.6 Å². The maximum atomic E-state index is 13.3. The van der Waals surface area contributed by atoms with Crippen LogP contribution in [0.1, 0.15) is 11.3 Å². The normalized spacial score (nSPS) is 15.4. The molecule has 8 nitrogen and oxygen atoms in total. The van der Waals surface area contributed by atoms with Crippen LogP contribution in [0.25, 0.3) is 16.6 Å². The Kier molecular flexibility index (Phi) is 5.50. The van der Waals surface area contributed by atoms with Crippen LogP contribution in [0.15, 0.2) is 53.4 Å². The Morgan fingerprint density at radius 1 is 1.09 bits per heavy atom. The largest absolute Gasteiger partial charge is 0.379 e. The summed E-state index contributed by atoms with van der Waals surface area (Å²) in [5.74, 6) is 0.619. The van der Waals surface area contributed by atoms with Crippen molar-refractivity contribution in [2.45, 2.75) is 18.4 Å². The molecule has 0 atom stereocenters. The van der Waals surface area contributed by atoms with E-state index in [-0.39, 0.29) is 11.4 Å². The molecule has 1 saturated heterocycles. The fourth-order valence-corrected chi connectivity index (χ4v) is 5.72. The average Bonchev–Trinajstić information content (AvgIpc) is 3.12. The molecule has 1 N–H and O–H groups in total. The van der Waals surface area contributed by atoms with Crippen LogP contribution in [0, 0.1) is 6.92 Å². The van der Waals surface area contributed by atoms with E-state index < -0.39 is 10.0 Å². The molecule has 0 spiro atoms. The minimum absolute atomic E-state index is 0.289. The summed E-state index contributed by atoms with van der Waals surface area (Å²) in [6.45, 7) is 3.64. The standard InChI is InChI=1S/C22H22ClN5O3S/c1-15-20(23)22-25-21(17-7-3-4-8-18(17)28(22)26-15)24-14-16-6-2-5-9-19(16)32(29,30)27-10-12-31-13-11-27/h2-9H,10-14H2,1H3,(H,24,25). The van der Waals surface area contributed by atoms with E-state index >= 15 is 0 Å². The highest BCUT2D eigenvalue weighted by Gasteiger charge is 2.28. The van der Waals surface area contributed by atoms with Crippen molar-refractivity contribution in [2.75, 3.05) is 31.6 Å². The van der Waals surface area contributed by atoms with Gasteiger partial charge in [-0.1, -0.05) is 41.9 Å². The topological polar surface area (TPSA) is 88.8 Å². The van der Waals surface area contributed by atoms with Gasteiger partial charge in [0, 0.05) is 25.0 Å². The first-order valence-corrected chi connectivity index (χ1v) is 12.1. The Labute approximate surface area is 190 Å². The number of sulfonamides is 1. The number of nitrogens with one attached hydrogen (secondary N) is 1. The zero-order valence-corrected chi connectivity index (χ0v) is 19.0. The third kappa shape index (κ3) is 3.61. The summed E-state index contributed by atoms with van der Waals surface area (Å²) in [4.78, 5) is 4.99. The zero-order chi connectivity index (χ0) is 22.3. The van der Waals surface area contributed by atoms with Gasteiger partial charge in [0.05, 0.1) is 29.3 Å². The third-order valence-electron chi connectivity index (χ3n) is 5.58. The highest BCUT2D eigenvalue weighted by Crippen LogP contribution is 2.29. The van der Waals surface area contributed by atoms with Crippen LogP contribution >= 0.6 is 11.6 Å². The first kappa shape index (κ1) is 21.1. The van der Waals surface area contributed by atoms with Crippen molar-refractivity contribution in [3.05, 3.63) is 64.8 Å². The van der Waals surface area contributed by atoms with E-state index in [0.29, 0.717) is 54.0 Å². The molecule has 3 heterocycles. The number of morpholine rings is 1. The van der Waals surface area contributed by atoms with Gasteiger partial charge in [0.25, 0.3) is 0 Å². The van der Waals surface area contributed by atoms with Crippen LogP contribution in [0.3, 0.4) is 0 Å². The van der Waals surface area contributed by atoms with Gasteiger partial charge < -0.3 is 10.1 Å². The average molecular weight is 472 g/mol. The minimum Gasteiger partial charge on any atom is -0.379 e. The molecule has 1 aliphatic heterocycles. The number of aromatic nitrogens is 3. The van der Waals surface area contributed by atoms with Crippen LogP contribution in [0.2, 0.25) is 5.02 Å². The van der Waals surface area contributed by atoms with E-state index in [0.717, 1.165) is 10.9 Å². The van der Waals surface area contributed by atoms with E-state index in [1.807, 2.05) is 43.3 Å². The summed E-state index contributed by atoms with van der Waals surface area (Å²) < 4.78 is 35.0. The number of hydrogen-bond acceptors (Lipinski definition) is 6. The van der Waals surface area contributed by atoms with Crippen LogP contribution < -0.4 is 5.32 Å². The predicted molar refractivity (Wildman–Crippen MR) is 124 cm³/mol. The Hall–Kier alpha value is -2.72. The fourth-order valence-electron chi connectivity index (χ4n) is 3.93. The Bertz CT molecular complexity index is 1410. The summed E-state index contributed by atoms with van der Waals surface area (Å²) in [6, 6.07) is 14.8. The van der Waals surface area contributed by atoms with E-state index in [2.05, 4.69) is 10.4 Å². The lowest BCUT2D eigenvalue weighted by Crippen LogP contribution is -2.41. The second-order valence-corrected chi connectivity index (χ2v) is 9.87. The maximum absolute atomic E-state index is 13.3. The van der Waals surface area contributed by atoms with Crippen molar-refractivity contribution in [1.29, 1.82) is 0 Å². The number of rotatable bonds is 5. The molecule has 5 rings (SSSR count). The van der Waals surface area contributed by atoms with Crippen molar-refractivity contribution in [3.63, 3.8) is 0 Å². The number of ether oxygens (including phenoxy) is 1. The summed E-state index contributed by atoms with van der Waals surface area (Å²) in [7, 11) is -3.62. The van der Waals surface area contributed by atoms with Gasteiger partial charge in [-0.15, -0.1) is 0 Å². The molecular formula is C22H22ClN5O3S. The second kappa shape index (κ2) is 8.32. The highest BCUT2D eigenvalue weighted by atomic mass is 35.5. The molecule has 32 heavy (non-hydrogen) atoms. The van der Waals surface area contributed by atoms with Gasteiger partial charge in [-0.25, -0.2) is 17.9 Å². The first-order chi connectivity index (χ1) is 15.5. The highest BCUT2D eigenvalue weighted by molar-refractivity contribution is 7.89. The first-order valence-electron chi connectivity index (χ1n) is 10.3. The number of anilines is 1. The Morgan fingerprint density at radius 2 is 1.81 bits per heavy atom. The summed E-state index contributed by atoms with van der Waals surface area (Å²) in [5, 5.41) is 9.19. The zero-order valence-electron chi connectivity index (χ0n) is 17.5. The molecule has 1 aliphatic rings. The van der Waals surface area contributed by atoms with Gasteiger partial charge >= 0.3 is 0 Å². The SMILES string of the molecule is Cc1nn2c(nc(NCc3ccccc3S(=O)(=O)N3CCOCC3)c3ccccc32)c1Cl. The minimum atomic E-state index is -3.62. The monoisotopic (exact) mass is 471 g/mol. The molecule has 166 valence electrons. The number of fused-ring (bicyclic) bond motifs is 3. The number of hydrogen-bond donors (Lipinski definition) is 1. The smallest absolute Gasteiger partial charge is 0.243 e. The van der Waals surface area contributed by atoms with Gasteiger partial charge in [0.2, 0.25) is 10.0 Å². The number of benzene rings is 2. The van der Waals surface area contributed by atoms with E-state index in [4.69, 9.17) is 21.3 Å².